The van der Waals surface area contributed by atoms with Gasteiger partial charge < -0.3 is 4.74 Å². The lowest BCUT2D eigenvalue weighted by molar-refractivity contribution is -0.109. The molecule has 1 rings (SSSR count). The van der Waals surface area contributed by atoms with E-state index >= 15 is 0 Å². The predicted molar refractivity (Wildman–Crippen MR) is 56.1 cm³/mol. The van der Waals surface area contributed by atoms with Crippen molar-refractivity contribution in [3.8, 4) is 0 Å². The lowest BCUT2D eigenvalue weighted by atomic mass is 10.2. The van der Waals surface area contributed by atoms with Crippen LogP contribution < -0.4 is 0 Å². The van der Waals surface area contributed by atoms with Crippen molar-refractivity contribution in [2.45, 2.75) is 25.2 Å². The van der Waals surface area contributed by atoms with Crippen molar-refractivity contribution in [1.29, 1.82) is 0 Å². The Labute approximate surface area is 87.4 Å². The van der Waals surface area contributed by atoms with Crippen LogP contribution >= 0.6 is 11.8 Å². The van der Waals surface area contributed by atoms with Crippen molar-refractivity contribution >= 4 is 16.9 Å². The van der Waals surface area contributed by atoms with Crippen LogP contribution in [0.2, 0.25) is 0 Å². The van der Waals surface area contributed by atoms with Gasteiger partial charge in [-0.1, -0.05) is 11.8 Å². The summed E-state index contributed by atoms with van der Waals surface area (Å²) in [6.07, 6.45) is 1.60. The molecule has 0 amide bonds. The van der Waals surface area contributed by atoms with Crippen LogP contribution in [0.1, 0.15) is 25.6 Å². The van der Waals surface area contributed by atoms with E-state index in [1.165, 1.54) is 11.8 Å². The molecule has 0 aliphatic rings. The molecule has 0 bridgehead atoms. The number of rotatable bonds is 4. The van der Waals surface area contributed by atoms with E-state index in [-0.39, 0.29) is 16.5 Å². The van der Waals surface area contributed by atoms with Crippen molar-refractivity contribution in [3.05, 3.63) is 18.0 Å². The fourth-order valence-electron chi connectivity index (χ4n) is 1.31. The third-order valence-corrected chi connectivity index (χ3v) is 2.80. The summed E-state index contributed by atoms with van der Waals surface area (Å²) < 4.78 is 5.30. The van der Waals surface area contributed by atoms with E-state index in [1.807, 2.05) is 13.0 Å². The first kappa shape index (κ1) is 11.3. The third-order valence-electron chi connectivity index (χ3n) is 1.85. The van der Waals surface area contributed by atoms with Crippen LogP contribution in [0.4, 0.5) is 0 Å². The summed E-state index contributed by atoms with van der Waals surface area (Å²) in [7, 11) is 1.62. The van der Waals surface area contributed by atoms with E-state index in [0.717, 1.165) is 5.69 Å². The number of carbonyl (C=O) groups excluding carboxylic acids is 1. The molecule has 0 aliphatic heterocycles. The van der Waals surface area contributed by atoms with Crippen molar-refractivity contribution < 1.29 is 9.53 Å². The number of nitrogens with one attached hydrogen (secondary N) is 1. The fraction of sp³-hybridized carbons (Fsp3) is 0.556. The number of nitrogens with zero attached hydrogens (tertiary/aromatic N) is 1. The van der Waals surface area contributed by atoms with Crippen LogP contribution in [0.3, 0.4) is 0 Å². The van der Waals surface area contributed by atoms with Crippen LogP contribution in [-0.2, 0) is 9.53 Å². The molecule has 0 spiro atoms. The third kappa shape index (κ3) is 2.85. The van der Waals surface area contributed by atoms with Gasteiger partial charge in [0.2, 0.25) is 0 Å². The molecular formula is C9H14N2O2S. The summed E-state index contributed by atoms with van der Waals surface area (Å²) in [5.74, 6) is 0. The molecule has 0 saturated heterocycles. The predicted octanol–water partition coefficient (Wildman–Crippen LogP) is 1.77. The maximum atomic E-state index is 10.9. The topological polar surface area (TPSA) is 55.0 Å². The minimum Gasteiger partial charge on any atom is -0.374 e. The van der Waals surface area contributed by atoms with Crippen molar-refractivity contribution in [2.75, 3.05) is 7.11 Å². The van der Waals surface area contributed by atoms with Gasteiger partial charge in [0.1, 0.15) is 6.10 Å². The van der Waals surface area contributed by atoms with Gasteiger partial charge in [-0.05, 0) is 13.0 Å². The van der Waals surface area contributed by atoms with Crippen molar-refractivity contribution in [2.24, 2.45) is 0 Å². The number of hydrogen-bond donors (Lipinski definition) is 1. The Morgan fingerprint density at radius 1 is 1.71 bits per heavy atom. The Bertz CT molecular complexity index is 287. The van der Waals surface area contributed by atoms with Gasteiger partial charge in [0, 0.05) is 25.5 Å². The largest absolute Gasteiger partial charge is 0.374 e. The van der Waals surface area contributed by atoms with Gasteiger partial charge in [0.15, 0.2) is 5.12 Å². The minimum atomic E-state index is -0.143. The molecule has 0 fully saturated rings. The van der Waals surface area contributed by atoms with Gasteiger partial charge in [-0.3, -0.25) is 9.89 Å². The highest BCUT2D eigenvalue weighted by atomic mass is 32.2. The zero-order valence-corrected chi connectivity index (χ0v) is 9.30. The van der Waals surface area contributed by atoms with Crippen LogP contribution in [0.5, 0.6) is 0 Å². The molecule has 0 radical (unpaired) electrons. The van der Waals surface area contributed by atoms with Gasteiger partial charge in [0.05, 0.1) is 5.69 Å². The zero-order chi connectivity index (χ0) is 10.6. The van der Waals surface area contributed by atoms with E-state index in [2.05, 4.69) is 10.2 Å². The smallest absolute Gasteiger partial charge is 0.186 e. The first-order valence-electron chi connectivity index (χ1n) is 4.35. The fourth-order valence-corrected chi connectivity index (χ4v) is 2.20. The van der Waals surface area contributed by atoms with Gasteiger partial charge in [-0.25, -0.2) is 0 Å². The Hall–Kier alpha value is -0.810. The molecule has 2 unspecified atom stereocenters. The standard InChI is InChI=1S/C9H14N2O2S/c1-6(14-7(2)12)9(13-3)8-4-5-10-11-8/h4-6,9H,1-3H3,(H,10,11). The van der Waals surface area contributed by atoms with Crippen LogP contribution in [-0.4, -0.2) is 27.7 Å². The molecule has 1 aromatic rings. The second kappa shape index (κ2) is 5.17. The molecule has 14 heavy (non-hydrogen) atoms. The number of thioether (sulfide) groups is 1. The molecule has 1 heterocycles. The Kier molecular flexibility index (Phi) is 4.16. The quantitative estimate of drug-likeness (QED) is 0.829. The van der Waals surface area contributed by atoms with Crippen molar-refractivity contribution in [3.63, 3.8) is 0 Å². The molecule has 2 atom stereocenters. The normalized spacial score (nSPS) is 15.1. The van der Waals surface area contributed by atoms with Gasteiger partial charge in [-0.2, -0.15) is 5.10 Å². The van der Waals surface area contributed by atoms with Crippen molar-refractivity contribution in [1.82, 2.24) is 10.2 Å². The molecule has 1 aromatic heterocycles. The second-order valence-electron chi connectivity index (χ2n) is 2.97. The molecule has 4 nitrogen and oxygen atoms in total. The second-order valence-corrected chi connectivity index (χ2v) is 4.52. The first-order valence-corrected chi connectivity index (χ1v) is 5.22. The number of methoxy groups -OCH3 is 1. The highest BCUT2D eigenvalue weighted by Gasteiger charge is 2.22. The van der Waals surface area contributed by atoms with E-state index in [1.54, 1.807) is 20.2 Å². The Balaban J connectivity index is 2.67. The molecule has 5 heteroatoms. The van der Waals surface area contributed by atoms with Gasteiger partial charge in [-0.15, -0.1) is 0 Å². The van der Waals surface area contributed by atoms with Crippen LogP contribution in [0.25, 0.3) is 0 Å². The molecule has 0 aliphatic carbocycles. The lowest BCUT2D eigenvalue weighted by Crippen LogP contribution is -2.15. The van der Waals surface area contributed by atoms with E-state index in [9.17, 15) is 4.79 Å². The summed E-state index contributed by atoms with van der Waals surface area (Å²) in [6.45, 7) is 3.51. The highest BCUT2D eigenvalue weighted by molar-refractivity contribution is 8.14. The van der Waals surface area contributed by atoms with Crippen LogP contribution in [0, 0.1) is 0 Å². The summed E-state index contributed by atoms with van der Waals surface area (Å²) in [5.41, 5.74) is 0.828. The summed E-state index contributed by atoms with van der Waals surface area (Å²) >= 11 is 1.27. The minimum absolute atomic E-state index is 0.0702. The Morgan fingerprint density at radius 3 is 2.86 bits per heavy atom. The molecule has 1 N–H and O–H groups in total. The lowest BCUT2D eigenvalue weighted by Gasteiger charge is -2.18. The Morgan fingerprint density at radius 2 is 2.43 bits per heavy atom. The zero-order valence-electron chi connectivity index (χ0n) is 8.48. The maximum Gasteiger partial charge on any atom is 0.186 e. The SMILES string of the molecule is COC(c1cc[nH]n1)C(C)SC(C)=O. The summed E-state index contributed by atoms with van der Waals surface area (Å²) in [5, 5.41) is 6.93. The molecule has 78 valence electrons. The number of aromatic nitrogens is 2. The van der Waals surface area contributed by atoms with Crippen LogP contribution in [0.15, 0.2) is 12.3 Å². The average molecular weight is 214 g/mol. The first-order chi connectivity index (χ1) is 6.65. The number of aromatic amines is 1. The van der Waals surface area contributed by atoms with E-state index in [4.69, 9.17) is 4.74 Å². The number of ether oxygens (including phenoxy) is 1. The number of carbonyl (C=O) groups is 1. The maximum absolute atomic E-state index is 10.9. The van der Waals surface area contributed by atoms with E-state index < -0.39 is 0 Å². The average Bonchev–Trinajstić information content (AvgIpc) is 2.57. The molecule has 0 saturated carbocycles. The monoisotopic (exact) mass is 214 g/mol. The molecule has 0 aromatic carbocycles. The molecular weight excluding hydrogens is 200 g/mol. The number of hydrogen-bond acceptors (Lipinski definition) is 4. The summed E-state index contributed by atoms with van der Waals surface area (Å²) in [4.78, 5) is 10.9. The van der Waals surface area contributed by atoms with E-state index in [0.29, 0.717) is 0 Å². The summed E-state index contributed by atoms with van der Waals surface area (Å²) in [6, 6.07) is 1.85. The number of H-pyrrole nitrogens is 1. The van der Waals surface area contributed by atoms with Gasteiger partial charge >= 0.3 is 0 Å². The van der Waals surface area contributed by atoms with Gasteiger partial charge in [0.25, 0.3) is 0 Å². The highest BCUT2D eigenvalue weighted by Crippen LogP contribution is 2.27.